The molecule has 0 aliphatic rings. The Bertz CT molecular complexity index is 264. The Morgan fingerprint density at radius 1 is 1.29 bits per heavy atom. The molecule has 0 radical (unpaired) electrons. The monoisotopic (exact) mass is 221 g/mol. The molecule has 1 atom stereocenters. The summed E-state index contributed by atoms with van der Waals surface area (Å²) in [7, 11) is -1.39. The quantitative estimate of drug-likeness (QED) is 0.729. The van der Waals surface area contributed by atoms with Crippen LogP contribution < -0.4 is 0 Å². The van der Waals surface area contributed by atoms with Gasteiger partial charge >= 0.3 is 0 Å². The molecule has 4 heteroatoms. The average molecular weight is 221 g/mol. The zero-order valence-electron chi connectivity index (χ0n) is 10.2. The van der Waals surface area contributed by atoms with Crippen LogP contribution in [0.25, 0.3) is 0 Å². The lowest BCUT2D eigenvalue weighted by molar-refractivity contribution is 0.216. The molecule has 1 unspecified atom stereocenters. The molecule has 0 aromatic heterocycles. The molecule has 0 bridgehead atoms. The van der Waals surface area contributed by atoms with Crippen molar-refractivity contribution in [1.82, 2.24) is 4.31 Å². The van der Waals surface area contributed by atoms with Crippen molar-refractivity contribution in [3.8, 4) is 0 Å². The second-order valence-corrected chi connectivity index (χ2v) is 7.02. The van der Waals surface area contributed by atoms with Crippen molar-refractivity contribution < 1.29 is 8.42 Å². The Kier molecular flexibility index (Phi) is 4.59. The summed E-state index contributed by atoms with van der Waals surface area (Å²) in [4.78, 5) is 0. The first-order chi connectivity index (χ1) is 6.13. The fraction of sp³-hybridized carbons (Fsp3) is 1.00. The fourth-order valence-corrected chi connectivity index (χ4v) is 2.79. The van der Waals surface area contributed by atoms with E-state index in [4.69, 9.17) is 0 Å². The summed E-state index contributed by atoms with van der Waals surface area (Å²) in [5.41, 5.74) is -0.0183. The molecule has 0 aliphatic carbocycles. The van der Waals surface area contributed by atoms with Crippen LogP contribution in [0, 0.1) is 5.41 Å². The third kappa shape index (κ3) is 3.58. The van der Waals surface area contributed by atoms with E-state index in [-0.39, 0.29) is 17.2 Å². The summed E-state index contributed by atoms with van der Waals surface area (Å²) in [5.74, 6) is 0.240. The van der Waals surface area contributed by atoms with Crippen molar-refractivity contribution >= 4 is 10.0 Å². The molecule has 86 valence electrons. The van der Waals surface area contributed by atoms with Crippen LogP contribution >= 0.6 is 0 Å². The molecule has 0 heterocycles. The normalized spacial score (nSPS) is 15.9. The largest absolute Gasteiger partial charge is 0.214 e. The van der Waals surface area contributed by atoms with Gasteiger partial charge in [0.15, 0.2) is 0 Å². The van der Waals surface area contributed by atoms with E-state index >= 15 is 0 Å². The topological polar surface area (TPSA) is 37.4 Å². The van der Waals surface area contributed by atoms with E-state index in [1.807, 2.05) is 13.8 Å². The summed E-state index contributed by atoms with van der Waals surface area (Å²) in [6.45, 7) is 9.99. The van der Waals surface area contributed by atoms with Gasteiger partial charge < -0.3 is 0 Å². The van der Waals surface area contributed by atoms with E-state index in [0.29, 0.717) is 6.42 Å². The van der Waals surface area contributed by atoms with Crippen molar-refractivity contribution in [2.24, 2.45) is 5.41 Å². The Balaban J connectivity index is 4.71. The molecule has 0 spiro atoms. The van der Waals surface area contributed by atoms with Gasteiger partial charge in [-0.25, -0.2) is 12.7 Å². The summed E-state index contributed by atoms with van der Waals surface area (Å²) in [6.07, 6.45) is 0.670. The highest BCUT2D eigenvalue weighted by atomic mass is 32.2. The van der Waals surface area contributed by atoms with E-state index in [0.717, 1.165) is 0 Å². The Morgan fingerprint density at radius 3 is 2.00 bits per heavy atom. The molecule has 0 aromatic rings. The van der Waals surface area contributed by atoms with Gasteiger partial charge in [-0.2, -0.15) is 0 Å². The van der Waals surface area contributed by atoms with Crippen molar-refractivity contribution in [2.45, 2.75) is 47.1 Å². The van der Waals surface area contributed by atoms with Crippen LogP contribution in [0.15, 0.2) is 0 Å². The smallest absolute Gasteiger partial charge is 0.212 e. The van der Waals surface area contributed by atoms with Gasteiger partial charge in [-0.3, -0.25) is 0 Å². The molecule has 0 fully saturated rings. The lowest BCUT2D eigenvalue weighted by atomic mass is 9.88. The van der Waals surface area contributed by atoms with Gasteiger partial charge in [0.2, 0.25) is 10.0 Å². The van der Waals surface area contributed by atoms with E-state index < -0.39 is 10.0 Å². The first-order valence-electron chi connectivity index (χ1n) is 5.08. The highest BCUT2D eigenvalue weighted by Gasteiger charge is 2.30. The van der Waals surface area contributed by atoms with Gasteiger partial charge in [0.05, 0.1) is 5.75 Å². The molecule has 0 saturated heterocycles. The van der Waals surface area contributed by atoms with Crippen LogP contribution in [0.3, 0.4) is 0 Å². The third-order valence-corrected chi connectivity index (χ3v) is 4.82. The molecule has 14 heavy (non-hydrogen) atoms. The van der Waals surface area contributed by atoms with E-state index in [1.54, 1.807) is 7.05 Å². The number of nitrogens with zero attached hydrogens (tertiary/aromatic N) is 1. The van der Waals surface area contributed by atoms with Crippen molar-refractivity contribution in [2.75, 3.05) is 12.8 Å². The SMILES string of the molecule is CCCS(=O)(=O)N(C)C(C)C(C)(C)C. The highest BCUT2D eigenvalue weighted by molar-refractivity contribution is 7.89. The summed E-state index contributed by atoms with van der Waals surface area (Å²) in [5, 5.41) is 0. The molecule has 0 rings (SSSR count). The lowest BCUT2D eigenvalue weighted by Gasteiger charge is -2.34. The summed E-state index contributed by atoms with van der Waals surface area (Å²) in [6, 6.07) is 0.0269. The number of hydrogen-bond donors (Lipinski definition) is 0. The standard InChI is InChI=1S/C10H23NO2S/c1-7-8-14(12,13)11(6)9(2)10(3,4)5/h9H,7-8H2,1-6H3. The Labute approximate surface area is 88.5 Å². The Hall–Kier alpha value is -0.0900. The van der Waals surface area contributed by atoms with Gasteiger partial charge in [-0.1, -0.05) is 27.7 Å². The molecule has 0 aromatic carbocycles. The van der Waals surface area contributed by atoms with Gasteiger partial charge in [0.1, 0.15) is 0 Å². The maximum atomic E-state index is 11.7. The van der Waals surface area contributed by atoms with Crippen molar-refractivity contribution in [3.63, 3.8) is 0 Å². The molecule has 0 amide bonds. The van der Waals surface area contributed by atoms with Gasteiger partial charge in [-0.15, -0.1) is 0 Å². The highest BCUT2D eigenvalue weighted by Crippen LogP contribution is 2.24. The second kappa shape index (κ2) is 4.62. The lowest BCUT2D eigenvalue weighted by Crippen LogP contribution is -2.43. The first kappa shape index (κ1) is 13.9. The number of hydrogen-bond acceptors (Lipinski definition) is 2. The second-order valence-electron chi connectivity index (χ2n) is 4.87. The van der Waals surface area contributed by atoms with Gasteiger partial charge in [0, 0.05) is 13.1 Å². The van der Waals surface area contributed by atoms with Crippen LogP contribution in [0.1, 0.15) is 41.0 Å². The minimum Gasteiger partial charge on any atom is -0.212 e. The molecule has 0 aliphatic heterocycles. The molecule has 3 nitrogen and oxygen atoms in total. The fourth-order valence-electron chi connectivity index (χ4n) is 1.19. The van der Waals surface area contributed by atoms with Gasteiger partial charge in [-0.05, 0) is 18.8 Å². The van der Waals surface area contributed by atoms with Crippen LogP contribution in [0.5, 0.6) is 0 Å². The maximum Gasteiger partial charge on any atom is 0.214 e. The minimum absolute atomic E-state index is 0.0183. The minimum atomic E-state index is -3.06. The molecular weight excluding hydrogens is 198 g/mol. The van der Waals surface area contributed by atoms with Crippen LogP contribution in [0.4, 0.5) is 0 Å². The van der Waals surface area contributed by atoms with E-state index in [9.17, 15) is 8.42 Å². The average Bonchev–Trinajstić information content (AvgIpc) is 2.00. The van der Waals surface area contributed by atoms with Crippen LogP contribution in [0.2, 0.25) is 0 Å². The third-order valence-electron chi connectivity index (χ3n) is 2.70. The zero-order chi connectivity index (χ0) is 11.6. The number of sulfonamides is 1. The van der Waals surface area contributed by atoms with E-state index in [2.05, 4.69) is 20.8 Å². The zero-order valence-corrected chi connectivity index (χ0v) is 11.0. The predicted octanol–water partition coefficient (Wildman–Crippen LogP) is 2.09. The first-order valence-corrected chi connectivity index (χ1v) is 6.69. The predicted molar refractivity (Wildman–Crippen MR) is 60.8 cm³/mol. The van der Waals surface area contributed by atoms with Crippen molar-refractivity contribution in [3.05, 3.63) is 0 Å². The summed E-state index contributed by atoms with van der Waals surface area (Å²) < 4.78 is 25.0. The van der Waals surface area contributed by atoms with Gasteiger partial charge in [0.25, 0.3) is 0 Å². The van der Waals surface area contributed by atoms with E-state index in [1.165, 1.54) is 4.31 Å². The molecule has 0 N–H and O–H groups in total. The van der Waals surface area contributed by atoms with Crippen LogP contribution in [-0.4, -0.2) is 31.6 Å². The number of rotatable bonds is 4. The molecular formula is C10H23NO2S. The summed E-state index contributed by atoms with van der Waals surface area (Å²) >= 11 is 0. The Morgan fingerprint density at radius 2 is 1.71 bits per heavy atom. The van der Waals surface area contributed by atoms with Crippen LogP contribution in [-0.2, 0) is 10.0 Å². The van der Waals surface area contributed by atoms with Crippen molar-refractivity contribution in [1.29, 1.82) is 0 Å². The maximum absolute atomic E-state index is 11.7. The molecule has 0 saturated carbocycles.